The monoisotopic (exact) mass is 245 g/mol. The van der Waals surface area contributed by atoms with Gasteiger partial charge in [-0.05, 0) is 50.9 Å². The third kappa shape index (κ3) is 2.74. The van der Waals surface area contributed by atoms with Crippen molar-refractivity contribution in [2.24, 2.45) is 0 Å². The number of piperidine rings is 1. The molecule has 96 valence electrons. The molecule has 4 nitrogen and oxygen atoms in total. The molecule has 0 bridgehead atoms. The number of likely N-dealkylation sites (tertiary alicyclic amines) is 1. The summed E-state index contributed by atoms with van der Waals surface area (Å²) in [5, 5.41) is 12.2. The molecule has 4 heteroatoms. The van der Waals surface area contributed by atoms with Crippen LogP contribution in [-0.4, -0.2) is 30.1 Å². The molecular weight excluding hydrogens is 226 g/mol. The van der Waals surface area contributed by atoms with Crippen molar-refractivity contribution in [3.63, 3.8) is 0 Å². The summed E-state index contributed by atoms with van der Waals surface area (Å²) in [6.45, 7) is 3.18. The molecule has 2 fully saturated rings. The van der Waals surface area contributed by atoms with E-state index in [1.165, 1.54) is 38.8 Å². The predicted molar refractivity (Wildman–Crippen MR) is 67.9 cm³/mol. The quantitative estimate of drug-likeness (QED) is 0.879. The Morgan fingerprint density at radius 1 is 1.28 bits per heavy atom. The van der Waals surface area contributed by atoms with Gasteiger partial charge in [0.15, 0.2) is 0 Å². The largest absolute Gasteiger partial charge is 0.449 e. The Bertz CT molecular complexity index is 436. The zero-order valence-electron chi connectivity index (χ0n) is 10.6. The number of nitrogens with one attached hydrogen (secondary N) is 1. The molecule has 0 radical (unpaired) electrons. The maximum absolute atomic E-state index is 8.69. The van der Waals surface area contributed by atoms with Crippen LogP contribution >= 0.6 is 0 Å². The van der Waals surface area contributed by atoms with Gasteiger partial charge in [-0.3, -0.25) is 0 Å². The Morgan fingerprint density at radius 2 is 2.06 bits per heavy atom. The summed E-state index contributed by atoms with van der Waals surface area (Å²) in [6, 6.07) is 7.11. The molecule has 0 atom stereocenters. The van der Waals surface area contributed by atoms with E-state index in [1.807, 2.05) is 12.1 Å². The Labute approximate surface area is 108 Å². The average Bonchev–Trinajstić information content (AvgIpc) is 3.16. The van der Waals surface area contributed by atoms with E-state index in [2.05, 4.69) is 10.2 Å². The lowest BCUT2D eigenvalue weighted by Gasteiger charge is -2.32. The van der Waals surface area contributed by atoms with E-state index < -0.39 is 0 Å². The third-order valence-electron chi connectivity index (χ3n) is 3.93. The zero-order chi connectivity index (χ0) is 12.4. The predicted octanol–water partition coefficient (Wildman–Crippen LogP) is 1.87. The van der Waals surface area contributed by atoms with Gasteiger partial charge >= 0.3 is 0 Å². The fourth-order valence-corrected chi connectivity index (χ4v) is 2.69. The van der Waals surface area contributed by atoms with Gasteiger partial charge in [0, 0.05) is 12.1 Å². The molecule has 3 rings (SSSR count). The van der Waals surface area contributed by atoms with Gasteiger partial charge in [0.05, 0.1) is 6.54 Å². The molecule has 0 spiro atoms. The molecule has 1 aromatic heterocycles. The SMILES string of the molecule is N#Cc1ccc(CNC2CCN(C3CC3)CC2)o1. The first-order chi connectivity index (χ1) is 8.85. The maximum atomic E-state index is 8.69. The van der Waals surface area contributed by atoms with E-state index in [4.69, 9.17) is 9.68 Å². The van der Waals surface area contributed by atoms with Gasteiger partial charge < -0.3 is 14.6 Å². The van der Waals surface area contributed by atoms with Crippen molar-refractivity contribution in [1.82, 2.24) is 10.2 Å². The lowest BCUT2D eigenvalue weighted by molar-refractivity contribution is 0.187. The number of hydrogen-bond donors (Lipinski definition) is 1. The topological polar surface area (TPSA) is 52.2 Å². The van der Waals surface area contributed by atoms with Crippen LogP contribution in [0, 0.1) is 11.3 Å². The molecule has 1 aliphatic heterocycles. The summed E-state index contributed by atoms with van der Waals surface area (Å²) in [5.41, 5.74) is 0. The molecule has 2 aliphatic rings. The molecule has 1 saturated heterocycles. The van der Waals surface area contributed by atoms with Crippen LogP contribution in [0.2, 0.25) is 0 Å². The lowest BCUT2D eigenvalue weighted by Crippen LogP contribution is -2.43. The molecule has 1 N–H and O–H groups in total. The summed E-state index contributed by atoms with van der Waals surface area (Å²) in [6.07, 6.45) is 5.26. The van der Waals surface area contributed by atoms with E-state index in [9.17, 15) is 0 Å². The second-order valence-corrected chi connectivity index (χ2v) is 5.30. The van der Waals surface area contributed by atoms with Crippen molar-refractivity contribution >= 4 is 0 Å². The molecule has 0 amide bonds. The minimum atomic E-state index is 0.398. The van der Waals surface area contributed by atoms with Crippen molar-refractivity contribution in [2.75, 3.05) is 13.1 Å². The van der Waals surface area contributed by atoms with Crippen molar-refractivity contribution < 1.29 is 4.42 Å². The third-order valence-corrected chi connectivity index (χ3v) is 3.93. The molecule has 1 aromatic rings. The van der Waals surface area contributed by atoms with E-state index in [-0.39, 0.29) is 0 Å². The maximum Gasteiger partial charge on any atom is 0.203 e. The Kier molecular flexibility index (Phi) is 3.35. The van der Waals surface area contributed by atoms with Crippen molar-refractivity contribution in [2.45, 2.75) is 44.3 Å². The van der Waals surface area contributed by atoms with Crippen molar-refractivity contribution in [1.29, 1.82) is 5.26 Å². The highest BCUT2D eigenvalue weighted by molar-refractivity contribution is 5.19. The summed E-state index contributed by atoms with van der Waals surface area (Å²) >= 11 is 0. The second kappa shape index (κ2) is 5.13. The Balaban J connectivity index is 1.42. The first-order valence-electron chi connectivity index (χ1n) is 6.81. The minimum absolute atomic E-state index is 0.398. The van der Waals surface area contributed by atoms with Gasteiger partial charge in [-0.25, -0.2) is 0 Å². The van der Waals surface area contributed by atoms with Crippen LogP contribution in [0.3, 0.4) is 0 Å². The number of furan rings is 1. The van der Waals surface area contributed by atoms with Crippen LogP contribution in [0.5, 0.6) is 0 Å². The summed E-state index contributed by atoms with van der Waals surface area (Å²) in [4.78, 5) is 2.62. The summed E-state index contributed by atoms with van der Waals surface area (Å²) in [7, 11) is 0. The van der Waals surface area contributed by atoms with Crippen molar-refractivity contribution in [3.05, 3.63) is 23.7 Å². The van der Waals surface area contributed by atoms with Crippen molar-refractivity contribution in [3.8, 4) is 6.07 Å². The van der Waals surface area contributed by atoms with Gasteiger partial charge in [0.2, 0.25) is 5.76 Å². The van der Waals surface area contributed by atoms with Gasteiger partial charge in [0.1, 0.15) is 11.8 Å². The minimum Gasteiger partial charge on any atom is -0.449 e. The highest BCUT2D eigenvalue weighted by Crippen LogP contribution is 2.29. The first-order valence-corrected chi connectivity index (χ1v) is 6.81. The standard InChI is InChI=1S/C14H19N3O/c15-9-13-3-4-14(18-13)10-16-11-5-7-17(8-6-11)12-1-2-12/h3-4,11-12,16H,1-2,5-8,10H2. The number of nitriles is 1. The normalized spacial score (nSPS) is 21.9. The van der Waals surface area contributed by atoms with Crippen LogP contribution < -0.4 is 5.32 Å². The van der Waals surface area contributed by atoms with Crippen LogP contribution in [0.25, 0.3) is 0 Å². The summed E-state index contributed by atoms with van der Waals surface area (Å²) < 4.78 is 5.36. The summed E-state index contributed by atoms with van der Waals surface area (Å²) in [5.74, 6) is 1.26. The number of hydrogen-bond acceptors (Lipinski definition) is 4. The van der Waals surface area contributed by atoms with Crippen LogP contribution in [-0.2, 0) is 6.54 Å². The van der Waals surface area contributed by atoms with E-state index in [1.54, 1.807) is 6.07 Å². The molecule has 1 aliphatic carbocycles. The highest BCUT2D eigenvalue weighted by atomic mass is 16.3. The number of nitrogens with zero attached hydrogens (tertiary/aromatic N) is 2. The zero-order valence-corrected chi connectivity index (χ0v) is 10.6. The highest BCUT2D eigenvalue weighted by Gasteiger charge is 2.31. The number of rotatable bonds is 4. The molecular formula is C14H19N3O. The smallest absolute Gasteiger partial charge is 0.203 e. The van der Waals surface area contributed by atoms with E-state index in [0.717, 1.165) is 18.3 Å². The van der Waals surface area contributed by atoms with Gasteiger partial charge in [0.25, 0.3) is 0 Å². The molecule has 2 heterocycles. The fourth-order valence-electron chi connectivity index (χ4n) is 2.69. The first kappa shape index (κ1) is 11.8. The van der Waals surface area contributed by atoms with Gasteiger partial charge in [-0.15, -0.1) is 0 Å². The molecule has 18 heavy (non-hydrogen) atoms. The van der Waals surface area contributed by atoms with Crippen LogP contribution in [0.15, 0.2) is 16.5 Å². The van der Waals surface area contributed by atoms with Crippen LogP contribution in [0.1, 0.15) is 37.2 Å². The second-order valence-electron chi connectivity index (χ2n) is 5.30. The van der Waals surface area contributed by atoms with Crippen LogP contribution in [0.4, 0.5) is 0 Å². The Morgan fingerprint density at radius 3 is 2.67 bits per heavy atom. The van der Waals surface area contributed by atoms with Gasteiger partial charge in [-0.1, -0.05) is 0 Å². The molecule has 0 unspecified atom stereocenters. The molecule has 1 saturated carbocycles. The van der Waals surface area contributed by atoms with Gasteiger partial charge in [-0.2, -0.15) is 5.26 Å². The average molecular weight is 245 g/mol. The van der Waals surface area contributed by atoms with E-state index >= 15 is 0 Å². The fraction of sp³-hybridized carbons (Fsp3) is 0.643. The molecule has 0 aromatic carbocycles. The lowest BCUT2D eigenvalue weighted by atomic mass is 10.0. The Hall–Kier alpha value is -1.31. The van der Waals surface area contributed by atoms with E-state index in [0.29, 0.717) is 11.8 Å².